The summed E-state index contributed by atoms with van der Waals surface area (Å²) in [4.78, 5) is 45.7. The topological polar surface area (TPSA) is 91.8 Å². The molecule has 186 valence electrons. The van der Waals surface area contributed by atoms with Crippen molar-refractivity contribution in [2.75, 3.05) is 37.6 Å². The largest absolute Gasteiger partial charge is 0.461 e. The molecule has 8 nitrogen and oxygen atoms in total. The van der Waals surface area contributed by atoms with Crippen LogP contribution < -0.4 is 10.2 Å². The molecule has 1 atom stereocenters. The van der Waals surface area contributed by atoms with Crippen LogP contribution in [0.15, 0.2) is 67.4 Å². The summed E-state index contributed by atoms with van der Waals surface area (Å²) in [6.07, 6.45) is 5.04. The lowest BCUT2D eigenvalue weighted by Gasteiger charge is -2.37. The van der Waals surface area contributed by atoms with E-state index >= 15 is 0 Å². The first-order valence-electron chi connectivity index (χ1n) is 12.1. The van der Waals surface area contributed by atoms with Crippen molar-refractivity contribution in [3.05, 3.63) is 72.9 Å². The number of rotatable bonds is 12. The Morgan fingerprint density at radius 3 is 2.46 bits per heavy atom. The van der Waals surface area contributed by atoms with Gasteiger partial charge >= 0.3 is 5.97 Å². The first-order valence-corrected chi connectivity index (χ1v) is 12.1. The van der Waals surface area contributed by atoms with Gasteiger partial charge in [-0.1, -0.05) is 49.4 Å². The van der Waals surface area contributed by atoms with Gasteiger partial charge in [-0.2, -0.15) is 0 Å². The normalized spacial score (nSPS) is 14.2. The average Bonchev–Trinajstić information content (AvgIpc) is 2.91. The summed E-state index contributed by atoms with van der Waals surface area (Å²) in [6, 6.07) is 15.3. The second-order valence-corrected chi connectivity index (χ2v) is 8.54. The molecule has 1 aromatic heterocycles. The summed E-state index contributed by atoms with van der Waals surface area (Å²) in [7, 11) is 0. The molecular formula is C27H34N4O4. The van der Waals surface area contributed by atoms with E-state index in [9.17, 15) is 14.4 Å². The highest BCUT2D eigenvalue weighted by Crippen LogP contribution is 2.20. The number of esters is 1. The third-order valence-corrected chi connectivity index (χ3v) is 6.03. The number of pyridine rings is 1. The predicted molar refractivity (Wildman–Crippen MR) is 134 cm³/mol. The highest BCUT2D eigenvalue weighted by Gasteiger charge is 2.29. The number of carbonyl (C=O) groups excluding carboxylic acids is 3. The van der Waals surface area contributed by atoms with Gasteiger partial charge in [-0.05, 0) is 36.6 Å². The van der Waals surface area contributed by atoms with Gasteiger partial charge in [0.1, 0.15) is 12.4 Å². The molecule has 2 heterocycles. The van der Waals surface area contributed by atoms with Gasteiger partial charge in [0, 0.05) is 44.8 Å². The Morgan fingerprint density at radius 1 is 1.03 bits per heavy atom. The molecule has 0 unspecified atom stereocenters. The van der Waals surface area contributed by atoms with Crippen LogP contribution in [0.3, 0.4) is 0 Å². The average molecular weight is 479 g/mol. The molecule has 0 spiro atoms. The van der Waals surface area contributed by atoms with Crippen molar-refractivity contribution in [1.29, 1.82) is 0 Å². The molecular weight excluding hydrogens is 444 g/mol. The quantitative estimate of drug-likeness (QED) is 0.287. The number of unbranched alkanes of at least 4 members (excludes halogenated alkanes) is 1. The number of nitrogens with one attached hydrogen (secondary N) is 1. The number of nitrogens with zero attached hydrogens (tertiary/aromatic N) is 3. The van der Waals surface area contributed by atoms with Gasteiger partial charge < -0.3 is 19.9 Å². The summed E-state index contributed by atoms with van der Waals surface area (Å²) in [5, 5.41) is 2.74. The highest BCUT2D eigenvalue weighted by molar-refractivity contribution is 5.86. The zero-order chi connectivity index (χ0) is 24.9. The lowest BCUT2D eigenvalue weighted by atomic mass is 9.96. The molecule has 35 heavy (non-hydrogen) atoms. The van der Waals surface area contributed by atoms with Crippen LogP contribution in [0.25, 0.3) is 0 Å². The van der Waals surface area contributed by atoms with Crippen LogP contribution in [-0.2, 0) is 25.7 Å². The monoisotopic (exact) mass is 478 g/mol. The second kappa shape index (κ2) is 13.9. The number of anilines is 1. The van der Waals surface area contributed by atoms with Gasteiger partial charge in [0.2, 0.25) is 11.8 Å². The van der Waals surface area contributed by atoms with Crippen molar-refractivity contribution >= 4 is 23.6 Å². The zero-order valence-electron chi connectivity index (χ0n) is 20.1. The Bertz CT molecular complexity index is 960. The molecule has 3 rings (SSSR count). The Balaban J connectivity index is 1.53. The SMILES string of the molecule is C=CC(=O)NCCCC[C@H](CC(=O)OCc1ccccc1)C(=O)N1CCN(c2ccccn2)CC1. The minimum absolute atomic E-state index is 0.0162. The smallest absolute Gasteiger partial charge is 0.306 e. The Morgan fingerprint density at radius 2 is 1.77 bits per heavy atom. The first-order chi connectivity index (χ1) is 17.1. The van der Waals surface area contributed by atoms with Gasteiger partial charge in [0.25, 0.3) is 0 Å². The van der Waals surface area contributed by atoms with Crippen molar-refractivity contribution in [1.82, 2.24) is 15.2 Å². The molecule has 2 aromatic rings. The van der Waals surface area contributed by atoms with Gasteiger partial charge in [-0.25, -0.2) is 4.98 Å². The molecule has 0 radical (unpaired) electrons. The lowest BCUT2D eigenvalue weighted by molar-refractivity contribution is -0.150. The van der Waals surface area contributed by atoms with Crippen molar-refractivity contribution in [2.24, 2.45) is 5.92 Å². The van der Waals surface area contributed by atoms with Crippen molar-refractivity contribution in [3.63, 3.8) is 0 Å². The molecule has 0 saturated carbocycles. The molecule has 1 fully saturated rings. The van der Waals surface area contributed by atoms with E-state index in [2.05, 4.69) is 21.8 Å². The van der Waals surface area contributed by atoms with Crippen LogP contribution in [0.1, 0.15) is 31.2 Å². The molecule has 8 heteroatoms. The molecule has 1 aliphatic heterocycles. The summed E-state index contributed by atoms with van der Waals surface area (Å²) in [5.41, 5.74) is 0.910. The zero-order valence-corrected chi connectivity index (χ0v) is 20.1. The number of amides is 2. The summed E-state index contributed by atoms with van der Waals surface area (Å²) < 4.78 is 5.45. The van der Waals surface area contributed by atoms with Crippen molar-refractivity contribution < 1.29 is 19.1 Å². The van der Waals surface area contributed by atoms with Gasteiger partial charge in [-0.3, -0.25) is 14.4 Å². The number of hydrogen-bond acceptors (Lipinski definition) is 6. The van der Waals surface area contributed by atoms with Crippen LogP contribution in [0, 0.1) is 5.92 Å². The fourth-order valence-electron chi connectivity index (χ4n) is 4.07. The fraction of sp³-hybridized carbons (Fsp3) is 0.407. The van der Waals surface area contributed by atoms with Crippen LogP contribution in [0.4, 0.5) is 5.82 Å². The first kappa shape index (κ1) is 25.9. The maximum absolute atomic E-state index is 13.4. The van der Waals surface area contributed by atoms with E-state index in [-0.39, 0.29) is 30.8 Å². The Labute approximate surface area is 207 Å². The fourth-order valence-corrected chi connectivity index (χ4v) is 4.07. The maximum atomic E-state index is 13.4. The molecule has 1 aromatic carbocycles. The van der Waals surface area contributed by atoms with E-state index in [1.54, 1.807) is 6.20 Å². The molecule has 0 bridgehead atoms. The molecule has 1 saturated heterocycles. The summed E-state index contributed by atoms with van der Waals surface area (Å²) in [6.45, 7) is 6.70. The number of aromatic nitrogens is 1. The number of carbonyl (C=O) groups is 3. The van der Waals surface area contributed by atoms with Crippen LogP contribution in [0.5, 0.6) is 0 Å². The van der Waals surface area contributed by atoms with Gasteiger partial charge in [0.15, 0.2) is 0 Å². The van der Waals surface area contributed by atoms with Crippen LogP contribution in [0.2, 0.25) is 0 Å². The molecule has 1 N–H and O–H groups in total. The molecule has 1 aliphatic rings. The number of piperazine rings is 1. The summed E-state index contributed by atoms with van der Waals surface area (Å²) in [5.74, 6) is -0.151. The van der Waals surface area contributed by atoms with Crippen molar-refractivity contribution in [2.45, 2.75) is 32.3 Å². The van der Waals surface area contributed by atoms with E-state index in [0.717, 1.165) is 17.8 Å². The number of ether oxygens (including phenoxy) is 1. The van der Waals surface area contributed by atoms with Crippen LogP contribution in [-0.4, -0.2) is 60.4 Å². The number of benzene rings is 1. The van der Waals surface area contributed by atoms with E-state index in [4.69, 9.17) is 4.74 Å². The van der Waals surface area contributed by atoms with Crippen LogP contribution >= 0.6 is 0 Å². The standard InChI is InChI=1S/C27H34N4O4/c1-2-25(32)29-15-8-6-12-23(20-26(33)35-21-22-10-4-3-5-11-22)27(34)31-18-16-30(17-19-31)24-13-7-9-14-28-24/h2-5,7,9-11,13-14,23H,1,6,8,12,15-21H2,(H,29,32)/t23-/m1/s1. The van der Waals surface area contributed by atoms with Gasteiger partial charge in [-0.15, -0.1) is 0 Å². The highest BCUT2D eigenvalue weighted by atomic mass is 16.5. The van der Waals surface area contributed by atoms with Crippen molar-refractivity contribution in [3.8, 4) is 0 Å². The Kier molecular flexibility index (Phi) is 10.3. The minimum Gasteiger partial charge on any atom is -0.461 e. The molecule has 0 aliphatic carbocycles. The third kappa shape index (κ3) is 8.55. The van der Waals surface area contributed by atoms with E-state index < -0.39 is 5.92 Å². The summed E-state index contributed by atoms with van der Waals surface area (Å²) >= 11 is 0. The second-order valence-electron chi connectivity index (χ2n) is 8.54. The lowest BCUT2D eigenvalue weighted by Crippen LogP contribution is -2.50. The minimum atomic E-state index is -0.449. The number of hydrogen-bond donors (Lipinski definition) is 1. The van der Waals surface area contributed by atoms with E-state index in [1.165, 1.54) is 6.08 Å². The third-order valence-electron chi connectivity index (χ3n) is 6.03. The van der Waals surface area contributed by atoms with Gasteiger partial charge in [0.05, 0.1) is 6.42 Å². The Hall–Kier alpha value is -3.68. The van der Waals surface area contributed by atoms with E-state index in [1.807, 2.05) is 53.4 Å². The van der Waals surface area contributed by atoms with E-state index in [0.29, 0.717) is 45.6 Å². The predicted octanol–water partition coefficient (Wildman–Crippen LogP) is 2.95. The maximum Gasteiger partial charge on any atom is 0.306 e. The molecule has 2 amide bonds.